The van der Waals surface area contributed by atoms with Crippen molar-refractivity contribution in [3.8, 4) is 0 Å². The molecule has 6 rings (SSSR count). The highest BCUT2D eigenvalue weighted by Gasteiger charge is 2.40. The lowest BCUT2D eigenvalue weighted by atomic mass is 9.85. The highest BCUT2D eigenvalue weighted by atomic mass is 32.2. The van der Waals surface area contributed by atoms with Gasteiger partial charge in [-0.05, 0) is 72.8 Å². The van der Waals surface area contributed by atoms with Crippen LogP contribution in [0.1, 0.15) is 41.4 Å². The molecule has 14 heteroatoms. The SMILES string of the molecule is O=C1c2ccc3c4c(ccc(c24)C(=O)N1c1ccc(S(=O)(=O)O)cc1)C(=O)N(c1ccc(S(=O)(=O)O)cc1)C3=O. The summed E-state index contributed by atoms with van der Waals surface area (Å²) < 4.78 is 63.9. The van der Waals surface area contributed by atoms with Gasteiger partial charge >= 0.3 is 0 Å². The van der Waals surface area contributed by atoms with Gasteiger partial charge < -0.3 is 0 Å². The number of hydrogen-bond donors (Lipinski definition) is 2. The van der Waals surface area contributed by atoms with Gasteiger partial charge in [0.25, 0.3) is 43.9 Å². The van der Waals surface area contributed by atoms with E-state index in [0.29, 0.717) is 0 Å². The third kappa shape index (κ3) is 3.65. The largest absolute Gasteiger partial charge is 0.294 e. The molecular formula is C26H14N2O10S2. The van der Waals surface area contributed by atoms with Crippen LogP contribution in [0.4, 0.5) is 11.4 Å². The predicted molar refractivity (Wildman–Crippen MR) is 139 cm³/mol. The monoisotopic (exact) mass is 578 g/mol. The van der Waals surface area contributed by atoms with Gasteiger partial charge in [-0.15, -0.1) is 0 Å². The molecule has 40 heavy (non-hydrogen) atoms. The van der Waals surface area contributed by atoms with Crippen molar-refractivity contribution in [2.75, 3.05) is 9.80 Å². The maximum Gasteiger partial charge on any atom is 0.294 e. The fraction of sp³-hybridized carbons (Fsp3) is 0. The number of carbonyl (C=O) groups excluding carboxylic acids is 4. The van der Waals surface area contributed by atoms with Crippen molar-refractivity contribution in [3.63, 3.8) is 0 Å². The van der Waals surface area contributed by atoms with E-state index in [-0.39, 0.29) is 44.4 Å². The van der Waals surface area contributed by atoms with Crippen LogP contribution in [0.15, 0.2) is 82.6 Å². The quantitative estimate of drug-likeness (QED) is 0.270. The van der Waals surface area contributed by atoms with Crippen LogP contribution in [0.25, 0.3) is 10.8 Å². The van der Waals surface area contributed by atoms with E-state index in [1.807, 2.05) is 0 Å². The second-order valence-corrected chi connectivity index (χ2v) is 11.7. The minimum Gasteiger partial charge on any atom is -0.282 e. The van der Waals surface area contributed by atoms with Crippen molar-refractivity contribution in [3.05, 3.63) is 95.1 Å². The zero-order chi connectivity index (χ0) is 28.7. The highest BCUT2D eigenvalue weighted by Crippen LogP contribution is 2.40. The normalized spacial score (nSPS) is 15.2. The number of amides is 4. The summed E-state index contributed by atoms with van der Waals surface area (Å²) in [6.45, 7) is 0. The summed E-state index contributed by atoms with van der Waals surface area (Å²) in [5, 5.41) is 0.220. The molecule has 0 bridgehead atoms. The number of benzene rings is 4. The standard InChI is InChI=1S/C26H14N2O10S2/c29-23-17-9-11-19-22-20(26(32)28(25(19)31)14-3-7-16(8-4-14)40(36,37)38)12-10-18(21(17)22)24(30)27(23)13-1-5-15(6-2-13)39(33,34)35/h1-12H,(H,33,34,35)(H,36,37,38). The van der Waals surface area contributed by atoms with Gasteiger partial charge in [0.2, 0.25) is 0 Å². The fourth-order valence-electron chi connectivity index (χ4n) is 4.88. The van der Waals surface area contributed by atoms with Gasteiger partial charge in [0.1, 0.15) is 0 Å². The maximum absolute atomic E-state index is 13.5. The van der Waals surface area contributed by atoms with Crippen molar-refractivity contribution in [2.24, 2.45) is 0 Å². The van der Waals surface area contributed by atoms with E-state index in [1.165, 1.54) is 48.5 Å². The third-order valence-electron chi connectivity index (χ3n) is 6.68. The molecule has 0 aromatic heterocycles. The number of hydrogen-bond acceptors (Lipinski definition) is 8. The minimum absolute atomic E-state index is 0.0283. The summed E-state index contributed by atoms with van der Waals surface area (Å²) in [5.74, 6) is -3.10. The molecular weight excluding hydrogens is 564 g/mol. The van der Waals surface area contributed by atoms with Gasteiger partial charge in [-0.2, -0.15) is 16.8 Å². The molecule has 4 aromatic carbocycles. The fourth-order valence-corrected chi connectivity index (χ4v) is 5.84. The first-order chi connectivity index (χ1) is 18.8. The molecule has 12 nitrogen and oxygen atoms in total. The number of carbonyl (C=O) groups is 4. The molecule has 2 aliphatic heterocycles. The van der Waals surface area contributed by atoms with Crippen molar-refractivity contribution < 1.29 is 45.1 Å². The molecule has 200 valence electrons. The van der Waals surface area contributed by atoms with E-state index >= 15 is 0 Å². The average molecular weight is 579 g/mol. The summed E-state index contributed by atoms with van der Waals surface area (Å²) in [4.78, 5) is 54.7. The van der Waals surface area contributed by atoms with Crippen LogP contribution in [0.5, 0.6) is 0 Å². The molecule has 4 amide bonds. The number of nitrogens with zero attached hydrogens (tertiary/aromatic N) is 2. The molecule has 0 atom stereocenters. The maximum atomic E-state index is 13.5. The summed E-state index contributed by atoms with van der Waals surface area (Å²) in [5.41, 5.74) is 0.184. The Labute approximate surface area is 225 Å². The highest BCUT2D eigenvalue weighted by molar-refractivity contribution is 7.86. The summed E-state index contributed by atoms with van der Waals surface area (Å²) in [6.07, 6.45) is 0. The zero-order valence-electron chi connectivity index (χ0n) is 19.8. The van der Waals surface area contributed by atoms with Crippen molar-refractivity contribution >= 4 is 66.0 Å². The van der Waals surface area contributed by atoms with Crippen molar-refractivity contribution in [2.45, 2.75) is 9.79 Å². The van der Waals surface area contributed by atoms with Crippen molar-refractivity contribution in [1.29, 1.82) is 0 Å². The Morgan fingerprint density at radius 2 is 0.675 bits per heavy atom. The predicted octanol–water partition coefficient (Wildman–Crippen LogP) is 2.93. The van der Waals surface area contributed by atoms with Crippen LogP contribution in [0.2, 0.25) is 0 Å². The molecule has 0 radical (unpaired) electrons. The molecule has 2 N–H and O–H groups in total. The molecule has 4 aromatic rings. The topological polar surface area (TPSA) is 184 Å². The van der Waals surface area contributed by atoms with Gasteiger partial charge in [0.15, 0.2) is 0 Å². The van der Waals surface area contributed by atoms with Crippen LogP contribution >= 0.6 is 0 Å². The van der Waals surface area contributed by atoms with Crippen LogP contribution < -0.4 is 9.80 Å². The van der Waals surface area contributed by atoms with Crippen LogP contribution in [0, 0.1) is 0 Å². The lowest BCUT2D eigenvalue weighted by Gasteiger charge is -2.32. The first-order valence-corrected chi connectivity index (χ1v) is 14.2. The van der Waals surface area contributed by atoms with Gasteiger partial charge in [0.05, 0.1) is 21.2 Å². The zero-order valence-corrected chi connectivity index (χ0v) is 21.4. The Morgan fingerprint density at radius 3 is 0.900 bits per heavy atom. The first-order valence-electron chi connectivity index (χ1n) is 11.3. The van der Waals surface area contributed by atoms with E-state index in [4.69, 9.17) is 0 Å². The molecule has 2 heterocycles. The van der Waals surface area contributed by atoms with Crippen LogP contribution in [-0.2, 0) is 20.2 Å². The molecule has 0 spiro atoms. The molecule has 2 aliphatic rings. The molecule has 0 aliphatic carbocycles. The van der Waals surface area contributed by atoms with Crippen molar-refractivity contribution in [1.82, 2.24) is 0 Å². The Morgan fingerprint density at radius 1 is 0.425 bits per heavy atom. The second-order valence-electron chi connectivity index (χ2n) is 8.90. The Kier molecular flexibility index (Phi) is 5.34. The van der Waals surface area contributed by atoms with E-state index in [1.54, 1.807) is 0 Å². The Balaban J connectivity index is 1.46. The van der Waals surface area contributed by atoms with Gasteiger partial charge in [-0.3, -0.25) is 28.3 Å². The lowest BCUT2D eigenvalue weighted by Crippen LogP contribution is -2.43. The molecule has 0 fully saturated rings. The van der Waals surface area contributed by atoms with Gasteiger partial charge in [0, 0.05) is 33.0 Å². The second kappa shape index (κ2) is 8.37. The molecule has 0 unspecified atom stereocenters. The summed E-state index contributed by atoms with van der Waals surface area (Å²) in [7, 11) is -9.00. The van der Waals surface area contributed by atoms with Crippen LogP contribution in [-0.4, -0.2) is 49.6 Å². The summed E-state index contributed by atoms with van der Waals surface area (Å²) in [6, 6.07) is 14.3. The lowest BCUT2D eigenvalue weighted by molar-refractivity contribution is 0.0873. The Bertz CT molecular complexity index is 1850. The average Bonchev–Trinajstić information content (AvgIpc) is 2.90. The number of anilines is 2. The molecule has 0 saturated heterocycles. The van der Waals surface area contributed by atoms with Crippen LogP contribution in [0.3, 0.4) is 0 Å². The smallest absolute Gasteiger partial charge is 0.282 e. The first kappa shape index (κ1) is 25.5. The molecule has 0 saturated carbocycles. The number of imide groups is 2. The minimum atomic E-state index is -4.50. The van der Waals surface area contributed by atoms with Gasteiger partial charge in [-0.25, -0.2) is 9.80 Å². The van der Waals surface area contributed by atoms with Gasteiger partial charge in [-0.1, -0.05) is 0 Å². The van der Waals surface area contributed by atoms with E-state index in [9.17, 15) is 45.1 Å². The van der Waals surface area contributed by atoms with E-state index < -0.39 is 53.7 Å². The van der Waals surface area contributed by atoms with E-state index in [2.05, 4.69) is 0 Å². The summed E-state index contributed by atoms with van der Waals surface area (Å²) >= 11 is 0. The Hall–Kier alpha value is -4.76. The van der Waals surface area contributed by atoms with E-state index in [0.717, 1.165) is 34.1 Å². The number of rotatable bonds is 4. The third-order valence-corrected chi connectivity index (χ3v) is 8.42.